The van der Waals surface area contributed by atoms with E-state index in [1.54, 1.807) is 60.7 Å². The molecule has 0 atom stereocenters. The Morgan fingerprint density at radius 2 is 1.78 bits per heavy atom. The Morgan fingerprint density at radius 3 is 2.53 bits per heavy atom. The summed E-state index contributed by atoms with van der Waals surface area (Å²) in [7, 11) is 0. The predicted molar refractivity (Wildman–Crippen MR) is 123 cm³/mol. The molecule has 1 N–H and O–H groups in total. The van der Waals surface area contributed by atoms with Gasteiger partial charge in [0.2, 0.25) is 0 Å². The minimum Gasteiger partial charge on any atom is -0.490 e. The highest BCUT2D eigenvalue weighted by atomic mass is 16.5. The molecule has 0 aliphatic rings. The van der Waals surface area contributed by atoms with E-state index < -0.39 is 0 Å². The van der Waals surface area contributed by atoms with Crippen LogP contribution in [0.15, 0.2) is 78.9 Å². The number of allylic oxidation sites excluding steroid dienone is 1. The van der Waals surface area contributed by atoms with Crippen molar-refractivity contribution in [2.75, 3.05) is 18.5 Å². The highest BCUT2D eigenvalue weighted by Gasteiger charge is 2.10. The van der Waals surface area contributed by atoms with Gasteiger partial charge in [0.25, 0.3) is 5.91 Å². The lowest BCUT2D eigenvalue weighted by atomic mass is 10.1. The predicted octanol–water partition coefficient (Wildman–Crippen LogP) is 4.87. The number of rotatable bonds is 9. The Morgan fingerprint density at radius 1 is 0.969 bits per heavy atom. The van der Waals surface area contributed by atoms with E-state index >= 15 is 0 Å². The van der Waals surface area contributed by atoms with Gasteiger partial charge in [0.1, 0.15) is 0 Å². The summed E-state index contributed by atoms with van der Waals surface area (Å²) in [5, 5.41) is 11.7. The van der Waals surface area contributed by atoms with Crippen molar-refractivity contribution < 1.29 is 19.1 Å². The van der Waals surface area contributed by atoms with Gasteiger partial charge in [-0.2, -0.15) is 5.26 Å². The molecule has 0 saturated heterocycles. The summed E-state index contributed by atoms with van der Waals surface area (Å²) in [5.41, 5.74) is 2.30. The average Bonchev–Trinajstić information content (AvgIpc) is 2.82. The SMILES string of the molecule is CCOc1cc(/C=C/C(=O)c2cccc(C#N)c2)ccc1OCC(=O)Nc1ccccc1. The molecule has 0 spiro atoms. The van der Waals surface area contributed by atoms with E-state index in [4.69, 9.17) is 14.7 Å². The van der Waals surface area contributed by atoms with Crippen LogP contribution in [0, 0.1) is 11.3 Å². The number of ether oxygens (including phenoxy) is 2. The third-order valence-electron chi connectivity index (χ3n) is 4.39. The van der Waals surface area contributed by atoms with Crippen molar-refractivity contribution in [2.24, 2.45) is 0 Å². The molecular formula is C26H22N2O4. The van der Waals surface area contributed by atoms with Gasteiger partial charge >= 0.3 is 0 Å². The summed E-state index contributed by atoms with van der Waals surface area (Å²) >= 11 is 0. The molecule has 0 bridgehead atoms. The van der Waals surface area contributed by atoms with Crippen LogP contribution in [0.3, 0.4) is 0 Å². The largest absolute Gasteiger partial charge is 0.490 e. The second-order valence-corrected chi connectivity index (χ2v) is 6.73. The average molecular weight is 426 g/mol. The zero-order valence-electron chi connectivity index (χ0n) is 17.6. The molecule has 0 heterocycles. The number of benzene rings is 3. The topological polar surface area (TPSA) is 88.4 Å². The van der Waals surface area contributed by atoms with Crippen molar-refractivity contribution in [3.05, 3.63) is 95.6 Å². The molecule has 0 radical (unpaired) electrons. The number of amides is 1. The molecule has 1 amide bonds. The maximum absolute atomic E-state index is 12.4. The Balaban J connectivity index is 1.67. The van der Waals surface area contributed by atoms with E-state index in [2.05, 4.69) is 5.32 Å². The van der Waals surface area contributed by atoms with Gasteiger partial charge in [0.05, 0.1) is 18.2 Å². The molecule has 6 nitrogen and oxygen atoms in total. The third kappa shape index (κ3) is 6.31. The first-order valence-corrected chi connectivity index (χ1v) is 10.1. The van der Waals surface area contributed by atoms with Crippen molar-refractivity contribution in [1.29, 1.82) is 5.26 Å². The van der Waals surface area contributed by atoms with Crippen LogP contribution in [0.5, 0.6) is 11.5 Å². The molecule has 0 aliphatic heterocycles. The van der Waals surface area contributed by atoms with Crippen LogP contribution in [0.4, 0.5) is 5.69 Å². The molecule has 3 aromatic rings. The van der Waals surface area contributed by atoms with Gasteiger partial charge in [-0.1, -0.05) is 42.5 Å². The Kier molecular flexibility index (Phi) is 7.77. The number of nitrogens with zero attached hydrogens (tertiary/aromatic N) is 1. The lowest BCUT2D eigenvalue weighted by Crippen LogP contribution is -2.20. The van der Waals surface area contributed by atoms with E-state index in [0.29, 0.717) is 34.9 Å². The lowest BCUT2D eigenvalue weighted by Gasteiger charge is -2.12. The van der Waals surface area contributed by atoms with Gasteiger partial charge in [-0.25, -0.2) is 0 Å². The van der Waals surface area contributed by atoms with E-state index in [9.17, 15) is 9.59 Å². The van der Waals surface area contributed by atoms with Crippen LogP contribution >= 0.6 is 0 Å². The van der Waals surface area contributed by atoms with Crippen molar-refractivity contribution in [3.63, 3.8) is 0 Å². The van der Waals surface area contributed by atoms with Crippen LogP contribution in [0.25, 0.3) is 6.08 Å². The zero-order chi connectivity index (χ0) is 22.8. The summed E-state index contributed by atoms with van der Waals surface area (Å²) in [4.78, 5) is 24.5. The summed E-state index contributed by atoms with van der Waals surface area (Å²) in [5.74, 6) is 0.409. The number of nitriles is 1. The van der Waals surface area contributed by atoms with Crippen LogP contribution in [-0.2, 0) is 4.79 Å². The summed E-state index contributed by atoms with van der Waals surface area (Å²) in [6.45, 7) is 2.09. The maximum Gasteiger partial charge on any atom is 0.262 e. The molecule has 3 aromatic carbocycles. The zero-order valence-corrected chi connectivity index (χ0v) is 17.6. The molecule has 3 rings (SSSR count). The Labute approximate surface area is 186 Å². The van der Waals surface area contributed by atoms with Crippen LogP contribution in [0.2, 0.25) is 0 Å². The highest BCUT2D eigenvalue weighted by molar-refractivity contribution is 6.07. The van der Waals surface area contributed by atoms with Crippen LogP contribution < -0.4 is 14.8 Å². The molecule has 0 aromatic heterocycles. The van der Waals surface area contributed by atoms with Gasteiger partial charge in [-0.15, -0.1) is 0 Å². The molecule has 160 valence electrons. The number of anilines is 1. The monoisotopic (exact) mass is 426 g/mol. The molecule has 6 heteroatoms. The molecule has 0 unspecified atom stereocenters. The van der Waals surface area contributed by atoms with E-state index in [1.165, 1.54) is 6.08 Å². The minimum absolute atomic E-state index is 0.169. The fourth-order valence-electron chi connectivity index (χ4n) is 2.89. The van der Waals surface area contributed by atoms with Crippen molar-refractivity contribution in [3.8, 4) is 17.6 Å². The lowest BCUT2D eigenvalue weighted by molar-refractivity contribution is -0.118. The number of hydrogen-bond acceptors (Lipinski definition) is 5. The quantitative estimate of drug-likeness (QED) is 0.389. The van der Waals surface area contributed by atoms with Gasteiger partial charge < -0.3 is 14.8 Å². The smallest absolute Gasteiger partial charge is 0.262 e. The standard InChI is InChI=1S/C26H22N2O4/c1-2-31-25-16-19(11-13-23(29)21-8-6-7-20(15-21)17-27)12-14-24(25)32-18-26(30)28-22-9-4-3-5-10-22/h3-16H,2,18H2,1H3,(H,28,30)/b13-11+. The Bertz CT molecular complexity index is 1160. The molecule has 32 heavy (non-hydrogen) atoms. The number of carbonyl (C=O) groups is 2. The third-order valence-corrected chi connectivity index (χ3v) is 4.39. The maximum atomic E-state index is 12.4. The first kappa shape index (κ1) is 22.3. The van der Waals surface area contributed by atoms with E-state index in [-0.39, 0.29) is 18.3 Å². The van der Waals surface area contributed by atoms with Gasteiger partial charge in [-0.3, -0.25) is 9.59 Å². The van der Waals surface area contributed by atoms with Gasteiger partial charge in [-0.05, 0) is 55.0 Å². The molecule has 0 fully saturated rings. The number of ketones is 1. The summed E-state index contributed by atoms with van der Waals surface area (Å²) < 4.78 is 11.3. The number of carbonyl (C=O) groups excluding carboxylic acids is 2. The van der Waals surface area contributed by atoms with E-state index in [0.717, 1.165) is 5.56 Å². The molecule has 0 aliphatic carbocycles. The second-order valence-electron chi connectivity index (χ2n) is 6.73. The number of hydrogen-bond donors (Lipinski definition) is 1. The number of nitrogens with one attached hydrogen (secondary N) is 1. The minimum atomic E-state index is -0.284. The number of para-hydroxylation sites is 1. The van der Waals surface area contributed by atoms with Gasteiger partial charge in [0.15, 0.2) is 23.9 Å². The van der Waals surface area contributed by atoms with Crippen molar-refractivity contribution >= 4 is 23.5 Å². The van der Waals surface area contributed by atoms with Crippen LogP contribution in [-0.4, -0.2) is 24.9 Å². The second kappa shape index (κ2) is 11.1. The summed E-state index contributed by atoms with van der Waals surface area (Å²) in [6.07, 6.45) is 3.10. The van der Waals surface area contributed by atoms with Crippen molar-refractivity contribution in [1.82, 2.24) is 0 Å². The van der Waals surface area contributed by atoms with Crippen LogP contribution in [0.1, 0.15) is 28.4 Å². The van der Waals surface area contributed by atoms with Crippen molar-refractivity contribution in [2.45, 2.75) is 6.92 Å². The fraction of sp³-hybridized carbons (Fsp3) is 0.115. The normalized spacial score (nSPS) is 10.4. The molecule has 0 saturated carbocycles. The Hall–Kier alpha value is -4.37. The van der Waals surface area contributed by atoms with E-state index in [1.807, 2.05) is 31.2 Å². The highest BCUT2D eigenvalue weighted by Crippen LogP contribution is 2.29. The molecular weight excluding hydrogens is 404 g/mol. The first-order valence-electron chi connectivity index (χ1n) is 10.1. The summed E-state index contributed by atoms with van der Waals surface area (Å²) in [6, 6.07) is 22.9. The fourth-order valence-corrected chi connectivity index (χ4v) is 2.89. The first-order chi connectivity index (χ1) is 15.6. The van der Waals surface area contributed by atoms with Gasteiger partial charge in [0, 0.05) is 11.3 Å².